The van der Waals surface area contributed by atoms with Crippen LogP contribution in [0.15, 0.2) is 24.3 Å². The normalized spacial score (nSPS) is 18.2. The third kappa shape index (κ3) is 3.51. The topological polar surface area (TPSA) is 29.3 Å². The molecule has 0 aromatic heterocycles. The van der Waals surface area contributed by atoms with Gasteiger partial charge in [0.05, 0.1) is 4.99 Å². The monoisotopic (exact) mass is 248 g/mol. The van der Waals surface area contributed by atoms with E-state index in [1.54, 1.807) is 0 Å². The summed E-state index contributed by atoms with van der Waals surface area (Å²) in [4.78, 5) is 3.18. The van der Waals surface area contributed by atoms with E-state index >= 15 is 0 Å². The van der Waals surface area contributed by atoms with Crippen molar-refractivity contribution in [2.75, 3.05) is 13.1 Å². The molecule has 0 atom stereocenters. The summed E-state index contributed by atoms with van der Waals surface area (Å²) in [6.45, 7) is 5.38. The Kier molecular flexibility index (Phi) is 4.13. The molecule has 1 aromatic rings. The molecule has 0 spiro atoms. The highest BCUT2D eigenvalue weighted by Gasteiger charge is 2.20. The molecule has 1 aliphatic rings. The summed E-state index contributed by atoms with van der Waals surface area (Å²) in [5.41, 5.74) is 8.41. The Morgan fingerprint density at radius 2 is 1.88 bits per heavy atom. The maximum atomic E-state index is 5.69. The molecule has 0 amide bonds. The minimum absolute atomic E-state index is 0.458. The molecule has 0 aliphatic carbocycles. The number of piperidine rings is 1. The molecule has 1 aliphatic heterocycles. The van der Waals surface area contributed by atoms with Crippen LogP contribution in [-0.4, -0.2) is 23.0 Å². The molecule has 0 radical (unpaired) electrons. The van der Waals surface area contributed by atoms with Crippen molar-refractivity contribution >= 4 is 17.2 Å². The first kappa shape index (κ1) is 12.5. The second kappa shape index (κ2) is 5.61. The molecule has 0 saturated carbocycles. The molecule has 0 bridgehead atoms. The van der Waals surface area contributed by atoms with Crippen LogP contribution in [0.3, 0.4) is 0 Å². The van der Waals surface area contributed by atoms with Crippen LogP contribution < -0.4 is 5.73 Å². The van der Waals surface area contributed by atoms with Gasteiger partial charge in [-0.15, -0.1) is 0 Å². The van der Waals surface area contributed by atoms with Gasteiger partial charge < -0.3 is 5.73 Å². The van der Waals surface area contributed by atoms with Gasteiger partial charge in [0.25, 0.3) is 0 Å². The fourth-order valence-electron chi connectivity index (χ4n) is 2.33. The molecule has 0 unspecified atom stereocenters. The Hall–Kier alpha value is -0.930. The van der Waals surface area contributed by atoms with E-state index in [4.69, 9.17) is 18.0 Å². The van der Waals surface area contributed by atoms with E-state index in [0.717, 1.165) is 32.5 Å². The molecule has 1 saturated heterocycles. The van der Waals surface area contributed by atoms with Gasteiger partial charge >= 0.3 is 0 Å². The van der Waals surface area contributed by atoms with Gasteiger partial charge in [-0.2, -0.15) is 0 Å². The lowest BCUT2D eigenvalue weighted by atomic mass is 9.96. The number of hydrogen-bond donors (Lipinski definition) is 1. The minimum atomic E-state index is 0.458. The Morgan fingerprint density at radius 1 is 1.29 bits per heavy atom. The van der Waals surface area contributed by atoms with E-state index in [9.17, 15) is 0 Å². The molecule has 2 rings (SSSR count). The van der Waals surface area contributed by atoms with Gasteiger partial charge in [-0.05, 0) is 38.4 Å². The summed E-state index contributed by atoms with van der Waals surface area (Å²) in [5, 5.41) is 0. The van der Waals surface area contributed by atoms with E-state index in [1.807, 2.05) is 0 Å². The van der Waals surface area contributed by atoms with Crippen LogP contribution in [0.25, 0.3) is 0 Å². The number of nitrogens with two attached hydrogens (primary N) is 1. The van der Waals surface area contributed by atoms with Crippen molar-refractivity contribution < 1.29 is 0 Å². The zero-order chi connectivity index (χ0) is 12.3. The van der Waals surface area contributed by atoms with Crippen molar-refractivity contribution in [3.63, 3.8) is 0 Å². The Balaban J connectivity index is 1.85. The van der Waals surface area contributed by atoms with Crippen LogP contribution in [0.5, 0.6) is 0 Å². The van der Waals surface area contributed by atoms with E-state index in [1.165, 1.54) is 11.1 Å². The zero-order valence-electron chi connectivity index (χ0n) is 10.4. The quantitative estimate of drug-likeness (QED) is 0.833. The molecule has 2 N–H and O–H groups in total. The Morgan fingerprint density at radius 3 is 2.41 bits per heavy atom. The molecule has 3 heteroatoms. The molecule has 2 nitrogen and oxygen atoms in total. The third-order valence-electron chi connectivity index (χ3n) is 3.52. The lowest BCUT2D eigenvalue weighted by Gasteiger charge is -2.31. The van der Waals surface area contributed by atoms with Crippen LogP contribution in [-0.2, 0) is 6.54 Å². The predicted octanol–water partition coefficient (Wildman–Crippen LogP) is 2.49. The zero-order valence-corrected chi connectivity index (χ0v) is 11.2. The molecule has 17 heavy (non-hydrogen) atoms. The van der Waals surface area contributed by atoms with Gasteiger partial charge in [0, 0.05) is 12.5 Å². The number of benzene rings is 1. The summed E-state index contributed by atoms with van der Waals surface area (Å²) >= 11 is 5.06. The van der Waals surface area contributed by atoms with Crippen molar-refractivity contribution in [3.05, 3.63) is 35.4 Å². The van der Waals surface area contributed by atoms with Gasteiger partial charge in [-0.3, -0.25) is 4.90 Å². The van der Waals surface area contributed by atoms with Crippen LogP contribution in [0.4, 0.5) is 0 Å². The highest BCUT2D eigenvalue weighted by molar-refractivity contribution is 7.80. The number of hydrogen-bond acceptors (Lipinski definition) is 2. The van der Waals surface area contributed by atoms with Gasteiger partial charge in [-0.1, -0.05) is 42.0 Å². The molecule has 1 heterocycles. The number of likely N-dealkylation sites (tertiary alicyclic amines) is 1. The fourth-order valence-corrected chi connectivity index (χ4v) is 2.56. The second-order valence-corrected chi connectivity index (χ2v) is 5.41. The first-order valence-corrected chi connectivity index (χ1v) is 6.63. The van der Waals surface area contributed by atoms with Gasteiger partial charge in [-0.25, -0.2) is 0 Å². The summed E-state index contributed by atoms with van der Waals surface area (Å²) in [6.07, 6.45) is 2.22. The highest BCUT2D eigenvalue weighted by Crippen LogP contribution is 2.19. The Bertz CT molecular complexity index is 378. The number of aryl methyl sites for hydroxylation is 1. The lowest BCUT2D eigenvalue weighted by Crippen LogP contribution is -2.37. The number of thiocarbonyl (C=S) groups is 1. The Labute approximate surface area is 109 Å². The SMILES string of the molecule is Cc1ccc(CN2CCC(C(N)=S)CC2)cc1. The van der Waals surface area contributed by atoms with Crippen LogP contribution in [0.1, 0.15) is 24.0 Å². The first-order chi connectivity index (χ1) is 8.15. The fraction of sp³-hybridized carbons (Fsp3) is 0.500. The average molecular weight is 248 g/mol. The van der Waals surface area contributed by atoms with Crippen molar-refractivity contribution in [2.45, 2.75) is 26.3 Å². The average Bonchev–Trinajstić information content (AvgIpc) is 2.33. The van der Waals surface area contributed by atoms with Crippen molar-refractivity contribution in [2.24, 2.45) is 11.7 Å². The minimum Gasteiger partial charge on any atom is -0.393 e. The molecule has 92 valence electrons. The van der Waals surface area contributed by atoms with Crippen molar-refractivity contribution in [1.82, 2.24) is 4.90 Å². The standard InChI is InChI=1S/C14H20N2S/c1-11-2-4-12(5-3-11)10-16-8-6-13(7-9-16)14(15)17/h2-5,13H,6-10H2,1H3,(H2,15,17). The predicted molar refractivity (Wildman–Crippen MR) is 76.0 cm³/mol. The van der Waals surface area contributed by atoms with E-state index in [2.05, 4.69) is 36.1 Å². The highest BCUT2D eigenvalue weighted by atomic mass is 32.1. The molecular formula is C14H20N2S. The summed E-state index contributed by atoms with van der Waals surface area (Å²) in [7, 11) is 0. The van der Waals surface area contributed by atoms with E-state index in [-0.39, 0.29) is 0 Å². The lowest BCUT2D eigenvalue weighted by molar-refractivity contribution is 0.202. The molecule has 1 aromatic carbocycles. The third-order valence-corrected chi connectivity index (χ3v) is 3.85. The van der Waals surface area contributed by atoms with Crippen molar-refractivity contribution in [3.8, 4) is 0 Å². The summed E-state index contributed by atoms with van der Waals surface area (Å²) in [5.74, 6) is 0.458. The smallest absolute Gasteiger partial charge is 0.0759 e. The van der Waals surface area contributed by atoms with E-state index < -0.39 is 0 Å². The first-order valence-electron chi connectivity index (χ1n) is 6.22. The largest absolute Gasteiger partial charge is 0.393 e. The second-order valence-electron chi connectivity index (χ2n) is 4.94. The molecular weight excluding hydrogens is 228 g/mol. The van der Waals surface area contributed by atoms with Crippen LogP contribution >= 0.6 is 12.2 Å². The van der Waals surface area contributed by atoms with Crippen LogP contribution in [0.2, 0.25) is 0 Å². The molecule has 1 fully saturated rings. The van der Waals surface area contributed by atoms with Gasteiger partial charge in [0.15, 0.2) is 0 Å². The van der Waals surface area contributed by atoms with Gasteiger partial charge in [0.1, 0.15) is 0 Å². The van der Waals surface area contributed by atoms with E-state index in [0.29, 0.717) is 10.9 Å². The van der Waals surface area contributed by atoms with Crippen molar-refractivity contribution in [1.29, 1.82) is 0 Å². The summed E-state index contributed by atoms with van der Waals surface area (Å²) < 4.78 is 0. The summed E-state index contributed by atoms with van der Waals surface area (Å²) in [6, 6.07) is 8.79. The number of rotatable bonds is 3. The maximum absolute atomic E-state index is 5.69. The van der Waals surface area contributed by atoms with Gasteiger partial charge in [0.2, 0.25) is 0 Å². The number of nitrogens with zero attached hydrogens (tertiary/aromatic N) is 1. The van der Waals surface area contributed by atoms with Crippen LogP contribution in [0, 0.1) is 12.8 Å². The maximum Gasteiger partial charge on any atom is 0.0759 e.